The molecule has 1 aliphatic carbocycles. The predicted octanol–water partition coefficient (Wildman–Crippen LogP) is 1.65. The summed E-state index contributed by atoms with van der Waals surface area (Å²) in [4.78, 5) is 24.7. The van der Waals surface area contributed by atoms with Crippen molar-refractivity contribution in [2.45, 2.75) is 25.3 Å². The van der Waals surface area contributed by atoms with Crippen LogP contribution >= 0.6 is 0 Å². The van der Waals surface area contributed by atoms with Crippen molar-refractivity contribution >= 4 is 17.5 Å². The molecule has 1 saturated carbocycles. The summed E-state index contributed by atoms with van der Waals surface area (Å²) in [6.07, 6.45) is 1.78. The van der Waals surface area contributed by atoms with Crippen LogP contribution in [0.3, 0.4) is 0 Å². The van der Waals surface area contributed by atoms with Gasteiger partial charge in [-0.2, -0.15) is 0 Å². The quantitative estimate of drug-likeness (QED) is 0.609. The van der Waals surface area contributed by atoms with Crippen molar-refractivity contribution in [3.63, 3.8) is 0 Å². The molecule has 1 fully saturated rings. The van der Waals surface area contributed by atoms with Crippen LogP contribution in [0.2, 0.25) is 0 Å². The molecule has 0 aromatic carbocycles. The van der Waals surface area contributed by atoms with E-state index in [1.807, 2.05) is 6.92 Å². The fraction of sp³-hybridized carbons (Fsp3) is 0.400. The Labute approximate surface area is 96.6 Å². The summed E-state index contributed by atoms with van der Waals surface area (Å²) in [5.74, 6) is -1.18. The van der Waals surface area contributed by atoms with Crippen molar-refractivity contribution in [1.29, 1.82) is 0 Å². The molecule has 0 aliphatic heterocycles. The second-order valence-corrected chi connectivity index (χ2v) is 4.31. The zero-order valence-electron chi connectivity index (χ0n) is 9.14. The molecule has 90 valence electrons. The van der Waals surface area contributed by atoms with E-state index in [1.54, 1.807) is 0 Å². The van der Waals surface area contributed by atoms with Crippen molar-refractivity contribution in [3.05, 3.63) is 27.9 Å². The molecular weight excluding hydrogens is 226 g/mol. The Morgan fingerprint density at radius 1 is 1.59 bits per heavy atom. The molecule has 2 rings (SSSR count). The molecular formula is C10H11N3O4. The number of nitro groups is 1. The maximum atomic E-state index is 10.8. The molecule has 2 N–H and O–H groups in total. The second-order valence-electron chi connectivity index (χ2n) is 4.31. The number of hydrogen-bond acceptors (Lipinski definition) is 5. The second kappa shape index (κ2) is 3.69. The molecule has 1 aromatic rings. The number of pyridine rings is 1. The number of nitrogens with zero attached hydrogens (tertiary/aromatic N) is 2. The Hall–Kier alpha value is -2.18. The fourth-order valence-corrected chi connectivity index (χ4v) is 1.41. The topological polar surface area (TPSA) is 105 Å². The van der Waals surface area contributed by atoms with Gasteiger partial charge in [0.2, 0.25) is 5.82 Å². The van der Waals surface area contributed by atoms with Crippen LogP contribution in [0.5, 0.6) is 0 Å². The van der Waals surface area contributed by atoms with E-state index in [-0.39, 0.29) is 22.7 Å². The highest BCUT2D eigenvalue weighted by Crippen LogP contribution is 2.39. The summed E-state index contributed by atoms with van der Waals surface area (Å²) in [7, 11) is 0. The number of aromatic carboxylic acids is 1. The van der Waals surface area contributed by atoms with Crippen molar-refractivity contribution in [3.8, 4) is 0 Å². The van der Waals surface area contributed by atoms with Crippen LogP contribution in [0, 0.1) is 10.1 Å². The molecule has 0 spiro atoms. The summed E-state index contributed by atoms with van der Waals surface area (Å²) in [5.41, 5.74) is -0.611. The Bertz CT molecular complexity index is 496. The Morgan fingerprint density at radius 2 is 2.24 bits per heavy atom. The van der Waals surface area contributed by atoms with Gasteiger partial charge in [-0.05, 0) is 25.8 Å². The van der Waals surface area contributed by atoms with Crippen molar-refractivity contribution < 1.29 is 14.8 Å². The summed E-state index contributed by atoms with van der Waals surface area (Å²) >= 11 is 0. The lowest BCUT2D eigenvalue weighted by Crippen LogP contribution is -2.19. The van der Waals surface area contributed by atoms with Gasteiger partial charge >= 0.3 is 11.7 Å². The number of carbonyl (C=O) groups is 1. The lowest BCUT2D eigenvalue weighted by Gasteiger charge is -2.12. The largest absolute Gasteiger partial charge is 0.477 e. The van der Waals surface area contributed by atoms with Crippen LogP contribution < -0.4 is 5.32 Å². The summed E-state index contributed by atoms with van der Waals surface area (Å²) in [6.45, 7) is 1.91. The standard InChI is InChI=1S/C10H11N3O4/c1-10(4-5-10)12-8-7(13(16)17)3-2-6(11-8)9(14)15/h2-3H,4-5H2,1H3,(H,11,12)(H,14,15). The van der Waals surface area contributed by atoms with Gasteiger partial charge in [0.15, 0.2) is 5.69 Å². The van der Waals surface area contributed by atoms with E-state index in [0.29, 0.717) is 0 Å². The van der Waals surface area contributed by atoms with Gasteiger partial charge in [-0.1, -0.05) is 0 Å². The summed E-state index contributed by atoms with van der Waals surface area (Å²) in [6, 6.07) is 2.28. The van der Waals surface area contributed by atoms with Gasteiger partial charge in [-0.3, -0.25) is 10.1 Å². The Morgan fingerprint density at radius 3 is 2.71 bits per heavy atom. The van der Waals surface area contributed by atoms with Crippen molar-refractivity contribution in [2.24, 2.45) is 0 Å². The molecule has 0 amide bonds. The number of nitrogens with one attached hydrogen (secondary N) is 1. The van der Waals surface area contributed by atoms with Crippen molar-refractivity contribution in [2.75, 3.05) is 5.32 Å². The number of rotatable bonds is 4. The lowest BCUT2D eigenvalue weighted by molar-refractivity contribution is -0.384. The van der Waals surface area contributed by atoms with Crippen LogP contribution in [0.15, 0.2) is 12.1 Å². The van der Waals surface area contributed by atoms with Gasteiger partial charge in [0, 0.05) is 11.6 Å². The monoisotopic (exact) mass is 237 g/mol. The summed E-state index contributed by atoms with van der Waals surface area (Å²) in [5, 5.41) is 22.5. The normalized spacial score (nSPS) is 16.3. The van der Waals surface area contributed by atoms with Gasteiger partial charge in [-0.25, -0.2) is 9.78 Å². The minimum atomic E-state index is -1.20. The van der Waals surface area contributed by atoms with E-state index >= 15 is 0 Å². The molecule has 1 aliphatic rings. The first-order valence-electron chi connectivity index (χ1n) is 5.08. The van der Waals surface area contributed by atoms with Crippen LogP contribution in [0.1, 0.15) is 30.3 Å². The zero-order chi connectivity index (χ0) is 12.6. The van der Waals surface area contributed by atoms with Gasteiger partial charge in [-0.15, -0.1) is 0 Å². The molecule has 0 bridgehead atoms. The van der Waals surface area contributed by atoms with Crippen LogP contribution in [-0.4, -0.2) is 26.5 Å². The fourth-order valence-electron chi connectivity index (χ4n) is 1.41. The third kappa shape index (κ3) is 2.32. The third-order valence-corrected chi connectivity index (χ3v) is 2.71. The molecule has 1 aromatic heterocycles. The molecule has 0 unspecified atom stereocenters. The molecule has 7 nitrogen and oxygen atoms in total. The number of carboxylic acids is 1. The van der Waals surface area contributed by atoms with Gasteiger partial charge in [0.1, 0.15) is 0 Å². The average Bonchev–Trinajstić information content (AvgIpc) is 2.95. The predicted molar refractivity (Wildman–Crippen MR) is 59.1 cm³/mol. The Kier molecular flexibility index (Phi) is 2.45. The van der Waals surface area contributed by atoms with Gasteiger partial charge in [0.05, 0.1) is 4.92 Å². The van der Waals surface area contributed by atoms with E-state index in [0.717, 1.165) is 25.0 Å². The first-order chi connectivity index (χ1) is 7.91. The first kappa shape index (κ1) is 11.3. The highest BCUT2D eigenvalue weighted by atomic mass is 16.6. The molecule has 0 saturated heterocycles. The highest BCUT2D eigenvalue weighted by Gasteiger charge is 2.39. The summed E-state index contributed by atoms with van der Waals surface area (Å²) < 4.78 is 0. The molecule has 1 heterocycles. The van der Waals surface area contributed by atoms with E-state index in [2.05, 4.69) is 10.3 Å². The highest BCUT2D eigenvalue weighted by molar-refractivity contribution is 5.86. The van der Waals surface area contributed by atoms with E-state index < -0.39 is 10.9 Å². The number of aromatic nitrogens is 1. The van der Waals surface area contributed by atoms with Gasteiger partial charge < -0.3 is 10.4 Å². The van der Waals surface area contributed by atoms with Gasteiger partial charge in [0.25, 0.3) is 0 Å². The third-order valence-electron chi connectivity index (χ3n) is 2.71. The molecule has 17 heavy (non-hydrogen) atoms. The maximum absolute atomic E-state index is 10.8. The number of anilines is 1. The maximum Gasteiger partial charge on any atom is 0.354 e. The van der Waals surface area contributed by atoms with Crippen LogP contribution in [0.4, 0.5) is 11.5 Å². The first-order valence-corrected chi connectivity index (χ1v) is 5.08. The molecule has 0 atom stereocenters. The van der Waals surface area contributed by atoms with Crippen LogP contribution in [0.25, 0.3) is 0 Å². The smallest absolute Gasteiger partial charge is 0.354 e. The molecule has 7 heteroatoms. The number of hydrogen-bond donors (Lipinski definition) is 2. The SMILES string of the molecule is CC1(Nc2nc(C(=O)O)ccc2[N+](=O)[O-])CC1. The average molecular weight is 237 g/mol. The molecule has 0 radical (unpaired) electrons. The minimum absolute atomic E-state index is 0.0231. The van der Waals surface area contributed by atoms with Crippen molar-refractivity contribution in [1.82, 2.24) is 4.98 Å². The van der Waals surface area contributed by atoms with E-state index in [1.165, 1.54) is 0 Å². The lowest BCUT2D eigenvalue weighted by atomic mass is 10.2. The van der Waals surface area contributed by atoms with E-state index in [4.69, 9.17) is 5.11 Å². The van der Waals surface area contributed by atoms with E-state index in [9.17, 15) is 14.9 Å². The Balaban J connectivity index is 2.39. The van der Waals surface area contributed by atoms with Crippen LogP contribution in [-0.2, 0) is 0 Å². The zero-order valence-corrected chi connectivity index (χ0v) is 9.14. The minimum Gasteiger partial charge on any atom is -0.477 e. The number of carboxylic acid groups (broad SMARTS) is 1.